The molecule has 72 valence electrons. The number of nitrogens with zero attached hydrogens (tertiary/aromatic N) is 1. The van der Waals surface area contributed by atoms with Crippen molar-refractivity contribution in [2.24, 2.45) is 5.73 Å². The van der Waals surface area contributed by atoms with Gasteiger partial charge < -0.3 is 11.5 Å². The van der Waals surface area contributed by atoms with E-state index in [0.29, 0.717) is 12.4 Å². The van der Waals surface area contributed by atoms with Crippen molar-refractivity contribution in [3.05, 3.63) is 35.5 Å². The Morgan fingerprint density at radius 2 is 2.14 bits per heavy atom. The Morgan fingerprint density at radius 3 is 2.86 bits per heavy atom. The fraction of sp³-hybridized carbons (Fsp3) is 0.182. The standard InChI is InChI=1S/C11H13N3/c1-7-4-10-8(5-9(7)6-12)2-3-14-11(10)13/h2-5H,6,12H2,1H3,(H2,13,14). The number of anilines is 1. The summed E-state index contributed by atoms with van der Waals surface area (Å²) in [5.41, 5.74) is 13.7. The van der Waals surface area contributed by atoms with E-state index in [0.717, 1.165) is 16.3 Å². The molecule has 0 bridgehead atoms. The minimum atomic E-state index is 0.560. The van der Waals surface area contributed by atoms with Gasteiger partial charge in [0.2, 0.25) is 0 Å². The summed E-state index contributed by atoms with van der Waals surface area (Å²) in [6.45, 7) is 2.60. The van der Waals surface area contributed by atoms with Crippen LogP contribution < -0.4 is 11.5 Å². The van der Waals surface area contributed by atoms with E-state index in [9.17, 15) is 0 Å². The summed E-state index contributed by atoms with van der Waals surface area (Å²) in [4.78, 5) is 4.05. The molecule has 3 nitrogen and oxygen atoms in total. The first-order chi connectivity index (χ1) is 6.72. The van der Waals surface area contributed by atoms with Crippen molar-refractivity contribution in [3.8, 4) is 0 Å². The number of fused-ring (bicyclic) bond motifs is 1. The third kappa shape index (κ3) is 1.32. The van der Waals surface area contributed by atoms with Crippen LogP contribution in [0.2, 0.25) is 0 Å². The first-order valence-corrected chi connectivity index (χ1v) is 4.56. The number of pyridine rings is 1. The number of benzene rings is 1. The highest BCUT2D eigenvalue weighted by atomic mass is 14.8. The minimum absolute atomic E-state index is 0.560. The predicted octanol–water partition coefficient (Wildman–Crippen LogP) is 1.58. The number of nitrogens with two attached hydrogens (primary N) is 2. The Morgan fingerprint density at radius 1 is 1.36 bits per heavy atom. The molecule has 3 heteroatoms. The predicted molar refractivity (Wildman–Crippen MR) is 58.8 cm³/mol. The highest BCUT2D eigenvalue weighted by molar-refractivity contribution is 5.91. The molecule has 0 atom stereocenters. The third-order valence-electron chi connectivity index (χ3n) is 2.47. The fourth-order valence-corrected chi connectivity index (χ4v) is 1.62. The molecule has 0 aliphatic carbocycles. The molecule has 2 aromatic rings. The zero-order valence-corrected chi connectivity index (χ0v) is 8.12. The molecule has 0 aliphatic rings. The Kier molecular flexibility index (Phi) is 2.09. The van der Waals surface area contributed by atoms with E-state index >= 15 is 0 Å². The molecule has 1 heterocycles. The molecule has 2 rings (SSSR count). The van der Waals surface area contributed by atoms with Crippen LogP contribution in [-0.4, -0.2) is 4.98 Å². The summed E-state index contributed by atoms with van der Waals surface area (Å²) >= 11 is 0. The quantitative estimate of drug-likeness (QED) is 0.712. The maximum Gasteiger partial charge on any atom is 0.131 e. The number of nitrogen functional groups attached to an aromatic ring is 1. The first-order valence-electron chi connectivity index (χ1n) is 4.56. The van der Waals surface area contributed by atoms with Gasteiger partial charge in [0.05, 0.1) is 0 Å². The van der Waals surface area contributed by atoms with Crippen LogP contribution in [0.3, 0.4) is 0 Å². The highest BCUT2D eigenvalue weighted by Crippen LogP contribution is 2.22. The van der Waals surface area contributed by atoms with Crippen molar-refractivity contribution in [2.45, 2.75) is 13.5 Å². The van der Waals surface area contributed by atoms with Gasteiger partial charge in [-0.2, -0.15) is 0 Å². The zero-order valence-electron chi connectivity index (χ0n) is 8.12. The second-order valence-electron chi connectivity index (χ2n) is 3.40. The first kappa shape index (κ1) is 8.97. The number of hydrogen-bond donors (Lipinski definition) is 2. The topological polar surface area (TPSA) is 64.9 Å². The van der Waals surface area contributed by atoms with Gasteiger partial charge in [0.25, 0.3) is 0 Å². The Labute approximate surface area is 82.7 Å². The number of aromatic nitrogens is 1. The summed E-state index contributed by atoms with van der Waals surface area (Å²) in [5, 5.41) is 2.10. The van der Waals surface area contributed by atoms with Gasteiger partial charge in [-0.3, -0.25) is 0 Å². The van der Waals surface area contributed by atoms with Crippen LogP contribution in [0.5, 0.6) is 0 Å². The van der Waals surface area contributed by atoms with Crippen molar-refractivity contribution in [1.29, 1.82) is 0 Å². The average molecular weight is 187 g/mol. The van der Waals surface area contributed by atoms with E-state index in [1.807, 2.05) is 19.1 Å². The van der Waals surface area contributed by atoms with Crippen molar-refractivity contribution in [3.63, 3.8) is 0 Å². The van der Waals surface area contributed by atoms with Crippen molar-refractivity contribution >= 4 is 16.6 Å². The van der Waals surface area contributed by atoms with Crippen molar-refractivity contribution < 1.29 is 0 Å². The zero-order chi connectivity index (χ0) is 10.1. The summed E-state index contributed by atoms with van der Waals surface area (Å²) < 4.78 is 0. The summed E-state index contributed by atoms with van der Waals surface area (Å²) in [5.74, 6) is 0.578. The molecular formula is C11H13N3. The molecule has 0 aliphatic heterocycles. The molecule has 0 radical (unpaired) electrons. The van der Waals surface area contributed by atoms with E-state index in [4.69, 9.17) is 11.5 Å². The number of rotatable bonds is 1. The second kappa shape index (κ2) is 3.27. The SMILES string of the molecule is Cc1cc2c(N)nccc2cc1CN. The molecule has 1 aromatic heterocycles. The molecule has 0 unspecified atom stereocenters. The van der Waals surface area contributed by atoms with Crippen LogP contribution in [0, 0.1) is 6.92 Å². The Bertz CT molecular complexity index is 477. The van der Waals surface area contributed by atoms with E-state index in [2.05, 4.69) is 11.1 Å². The second-order valence-corrected chi connectivity index (χ2v) is 3.40. The van der Waals surface area contributed by atoms with Gasteiger partial charge in [0, 0.05) is 18.1 Å². The van der Waals surface area contributed by atoms with Crippen LogP contribution in [0.25, 0.3) is 10.8 Å². The minimum Gasteiger partial charge on any atom is -0.383 e. The Balaban J connectivity index is 2.79. The van der Waals surface area contributed by atoms with Crippen LogP contribution in [-0.2, 0) is 6.54 Å². The van der Waals surface area contributed by atoms with Crippen LogP contribution >= 0.6 is 0 Å². The largest absolute Gasteiger partial charge is 0.383 e. The van der Waals surface area contributed by atoms with Crippen LogP contribution in [0.15, 0.2) is 24.4 Å². The third-order valence-corrected chi connectivity index (χ3v) is 2.47. The van der Waals surface area contributed by atoms with Gasteiger partial charge in [0.15, 0.2) is 0 Å². The molecule has 0 amide bonds. The van der Waals surface area contributed by atoms with Crippen molar-refractivity contribution in [2.75, 3.05) is 5.73 Å². The highest BCUT2D eigenvalue weighted by Gasteiger charge is 2.02. The maximum atomic E-state index is 5.77. The average Bonchev–Trinajstić information content (AvgIpc) is 2.19. The molecule has 0 fully saturated rings. The smallest absolute Gasteiger partial charge is 0.131 e. The molecule has 0 spiro atoms. The fourth-order valence-electron chi connectivity index (χ4n) is 1.62. The van der Waals surface area contributed by atoms with E-state index in [1.165, 1.54) is 5.56 Å². The number of aryl methyl sites for hydroxylation is 1. The van der Waals surface area contributed by atoms with Gasteiger partial charge >= 0.3 is 0 Å². The van der Waals surface area contributed by atoms with E-state index in [-0.39, 0.29) is 0 Å². The molecule has 14 heavy (non-hydrogen) atoms. The van der Waals surface area contributed by atoms with Gasteiger partial charge in [-0.05, 0) is 41.6 Å². The maximum absolute atomic E-state index is 5.77. The molecule has 0 saturated heterocycles. The Hall–Kier alpha value is -1.61. The van der Waals surface area contributed by atoms with E-state index in [1.54, 1.807) is 6.20 Å². The van der Waals surface area contributed by atoms with Crippen LogP contribution in [0.4, 0.5) is 5.82 Å². The van der Waals surface area contributed by atoms with Crippen LogP contribution in [0.1, 0.15) is 11.1 Å². The van der Waals surface area contributed by atoms with E-state index < -0.39 is 0 Å². The monoisotopic (exact) mass is 187 g/mol. The van der Waals surface area contributed by atoms with Gasteiger partial charge in [-0.1, -0.05) is 0 Å². The van der Waals surface area contributed by atoms with Gasteiger partial charge in [0.1, 0.15) is 5.82 Å². The summed E-state index contributed by atoms with van der Waals surface area (Å²) in [6, 6.07) is 6.06. The lowest BCUT2D eigenvalue weighted by Crippen LogP contribution is -2.00. The van der Waals surface area contributed by atoms with Gasteiger partial charge in [-0.25, -0.2) is 4.98 Å². The number of hydrogen-bond acceptors (Lipinski definition) is 3. The molecular weight excluding hydrogens is 174 g/mol. The van der Waals surface area contributed by atoms with Crippen molar-refractivity contribution in [1.82, 2.24) is 4.98 Å². The lowest BCUT2D eigenvalue weighted by Gasteiger charge is -2.06. The van der Waals surface area contributed by atoms with Gasteiger partial charge in [-0.15, -0.1) is 0 Å². The lowest BCUT2D eigenvalue weighted by atomic mass is 10.0. The molecule has 0 saturated carbocycles. The normalized spacial score (nSPS) is 10.7. The lowest BCUT2D eigenvalue weighted by molar-refractivity contribution is 1.05. The molecule has 4 N–H and O–H groups in total. The molecule has 1 aromatic carbocycles. The summed E-state index contributed by atoms with van der Waals surface area (Å²) in [7, 11) is 0. The summed E-state index contributed by atoms with van der Waals surface area (Å²) in [6.07, 6.45) is 1.72.